The van der Waals surface area contributed by atoms with Crippen molar-refractivity contribution in [2.45, 2.75) is 341 Å². The van der Waals surface area contributed by atoms with Crippen LogP contribution < -0.4 is 5.32 Å². The molecule has 0 saturated carbocycles. The van der Waals surface area contributed by atoms with Crippen LogP contribution in [0.4, 0.5) is 0 Å². The van der Waals surface area contributed by atoms with Gasteiger partial charge in [0.15, 0.2) is 0 Å². The molecule has 9 heteroatoms. The van der Waals surface area contributed by atoms with Crippen LogP contribution in [0.3, 0.4) is 0 Å². The highest BCUT2D eigenvalue weighted by Gasteiger charge is 2.28. The van der Waals surface area contributed by atoms with Crippen LogP contribution in [0.15, 0.2) is 60.8 Å². The van der Waals surface area contributed by atoms with Gasteiger partial charge in [0.05, 0.1) is 39.9 Å². The molecule has 79 heavy (non-hydrogen) atoms. The number of likely N-dealkylation sites (N-methyl/N-ethyl adjacent to an activating group) is 1. The Kier molecular flexibility index (Phi) is 59.4. The largest absolute Gasteiger partial charge is 0.472 e. The number of hydrogen-bond donors (Lipinski definition) is 3. The van der Waals surface area contributed by atoms with E-state index in [9.17, 15) is 19.4 Å². The summed E-state index contributed by atoms with van der Waals surface area (Å²) >= 11 is 0. The number of rotatable bonds is 63. The summed E-state index contributed by atoms with van der Waals surface area (Å²) in [5, 5.41) is 14.1. The molecule has 0 radical (unpaired) electrons. The summed E-state index contributed by atoms with van der Waals surface area (Å²) in [7, 11) is 1.63. The Bertz CT molecular complexity index is 1470. The molecule has 0 heterocycles. The van der Waals surface area contributed by atoms with Crippen LogP contribution in [0.1, 0.15) is 328 Å². The molecule has 464 valence electrons. The van der Waals surface area contributed by atoms with Crippen LogP contribution in [-0.2, 0) is 18.4 Å². The van der Waals surface area contributed by atoms with Gasteiger partial charge >= 0.3 is 7.82 Å². The van der Waals surface area contributed by atoms with E-state index in [2.05, 4.69) is 79.9 Å². The molecule has 0 spiro atoms. The molecule has 3 atom stereocenters. The average Bonchev–Trinajstić information content (AvgIpc) is 3.42. The van der Waals surface area contributed by atoms with Gasteiger partial charge in [0.25, 0.3) is 0 Å². The van der Waals surface area contributed by atoms with E-state index >= 15 is 0 Å². The van der Waals surface area contributed by atoms with Gasteiger partial charge in [0, 0.05) is 6.42 Å². The number of unbranched alkanes of at least 4 members (excludes halogenated alkanes) is 40. The highest BCUT2D eigenvalue weighted by atomic mass is 31.2. The molecule has 8 nitrogen and oxygen atoms in total. The summed E-state index contributed by atoms with van der Waals surface area (Å²) < 4.78 is 23.9. The third-order valence-corrected chi connectivity index (χ3v) is 16.5. The van der Waals surface area contributed by atoms with E-state index in [1.54, 1.807) is 0 Å². The molecule has 3 N–H and O–H groups in total. The smallest absolute Gasteiger partial charge is 0.391 e. The summed E-state index contributed by atoms with van der Waals surface area (Å²) in [5.41, 5.74) is 0. The van der Waals surface area contributed by atoms with E-state index in [-0.39, 0.29) is 19.1 Å². The van der Waals surface area contributed by atoms with Crippen LogP contribution in [0, 0.1) is 0 Å². The van der Waals surface area contributed by atoms with Crippen LogP contribution in [0.2, 0.25) is 0 Å². The highest BCUT2D eigenvalue weighted by Crippen LogP contribution is 2.43. The maximum Gasteiger partial charge on any atom is 0.472 e. The molecule has 0 aromatic heterocycles. The summed E-state index contributed by atoms with van der Waals surface area (Å²) in [6.45, 7) is 4.82. The van der Waals surface area contributed by atoms with Crippen molar-refractivity contribution in [2.24, 2.45) is 0 Å². The van der Waals surface area contributed by atoms with E-state index in [1.807, 2.05) is 21.1 Å². The summed E-state index contributed by atoms with van der Waals surface area (Å²) in [6.07, 6.45) is 83.2. The molecule has 0 rings (SSSR count). The number of carbonyl (C=O) groups excluding carboxylic acids is 1. The number of nitrogens with one attached hydrogen (secondary N) is 1. The normalized spacial score (nSPS) is 14.1. The molecule has 0 aromatic rings. The van der Waals surface area contributed by atoms with E-state index in [4.69, 9.17) is 9.05 Å². The Balaban J connectivity index is 3.92. The minimum Gasteiger partial charge on any atom is -0.391 e. The quantitative estimate of drug-likeness (QED) is 0.0243. The SMILES string of the molecule is CC/C=C\C/C=C\C/C=C\C/C=C\C/C=C\CCCCCCCCCCCCCCCCCCCCCCCCCC(=O)NC(COP(=O)(O)OCC[N+](C)(C)C)C(O)CCCCCCCCCCCCCCCCCCCC. The molecule has 0 aromatic carbocycles. The molecule has 0 aliphatic carbocycles. The fourth-order valence-electron chi connectivity index (χ4n) is 10.3. The lowest BCUT2D eigenvalue weighted by Crippen LogP contribution is -2.46. The molecule has 0 aliphatic heterocycles. The molecule has 3 unspecified atom stereocenters. The third-order valence-electron chi connectivity index (χ3n) is 15.5. The van der Waals surface area contributed by atoms with Crippen LogP contribution in [0.5, 0.6) is 0 Å². The van der Waals surface area contributed by atoms with Crippen molar-refractivity contribution in [1.29, 1.82) is 0 Å². The number of aliphatic hydroxyl groups is 1. The second-order valence-electron chi connectivity index (χ2n) is 24.5. The standard InChI is InChI=1S/C70H133N2O6P/c1-6-8-10-12-14-16-18-20-22-24-26-27-28-29-30-31-32-33-34-35-36-37-38-39-40-41-42-43-44-45-46-48-50-52-54-56-58-60-62-64-70(74)71-68(67-78-79(75,76)77-66-65-72(3,4)5)69(73)63-61-59-57-55-53-51-49-47-25-23-21-19-17-15-13-11-9-7-2/h8,10,14,16,20,22,26-27,29-30,68-69,73H,6-7,9,11-13,15,17-19,21,23-25,28,31-67H2,1-5H3,(H-,71,74,75,76)/p+1/b10-8-,16-14-,22-20-,27-26-,30-29-. The monoisotopic (exact) mass is 1130 g/mol. The number of quaternary nitrogens is 1. The van der Waals surface area contributed by atoms with Crippen molar-refractivity contribution in [3.63, 3.8) is 0 Å². The zero-order valence-electron chi connectivity index (χ0n) is 53.1. The lowest BCUT2D eigenvalue weighted by molar-refractivity contribution is -0.870. The van der Waals surface area contributed by atoms with Crippen molar-refractivity contribution in [3.05, 3.63) is 60.8 Å². The van der Waals surface area contributed by atoms with Crippen molar-refractivity contribution in [3.8, 4) is 0 Å². The van der Waals surface area contributed by atoms with E-state index < -0.39 is 20.0 Å². The van der Waals surface area contributed by atoms with Gasteiger partial charge in [-0.2, -0.15) is 0 Å². The second-order valence-corrected chi connectivity index (χ2v) is 26.0. The minimum atomic E-state index is -4.33. The molecule has 0 bridgehead atoms. The van der Waals surface area contributed by atoms with Crippen LogP contribution >= 0.6 is 7.82 Å². The number of hydrogen-bond acceptors (Lipinski definition) is 5. The van der Waals surface area contributed by atoms with Gasteiger partial charge in [-0.05, 0) is 57.8 Å². The fraction of sp³-hybridized carbons (Fsp3) is 0.843. The average molecular weight is 1130 g/mol. The van der Waals surface area contributed by atoms with Crippen molar-refractivity contribution in [1.82, 2.24) is 5.32 Å². The van der Waals surface area contributed by atoms with E-state index in [0.717, 1.165) is 70.6 Å². The zero-order chi connectivity index (χ0) is 57.7. The zero-order valence-corrected chi connectivity index (χ0v) is 54.0. The first-order valence-electron chi connectivity index (χ1n) is 34.2. The Labute approximate surface area is 492 Å². The molecule has 0 aliphatic rings. The maximum atomic E-state index is 13.1. The number of phosphoric ester groups is 1. The van der Waals surface area contributed by atoms with Gasteiger partial charge in [-0.15, -0.1) is 0 Å². The number of phosphoric acid groups is 1. The Morgan fingerprint density at radius 1 is 0.443 bits per heavy atom. The topological polar surface area (TPSA) is 105 Å². The van der Waals surface area contributed by atoms with Crippen LogP contribution in [0.25, 0.3) is 0 Å². The predicted octanol–water partition coefficient (Wildman–Crippen LogP) is 21.6. The van der Waals surface area contributed by atoms with Gasteiger partial charge in [0.2, 0.25) is 5.91 Å². The maximum absolute atomic E-state index is 13.1. The fourth-order valence-corrected chi connectivity index (χ4v) is 11.0. The third kappa shape index (κ3) is 63.6. The first kappa shape index (κ1) is 77.2. The van der Waals surface area contributed by atoms with Gasteiger partial charge in [-0.3, -0.25) is 13.8 Å². The Morgan fingerprint density at radius 2 is 0.759 bits per heavy atom. The lowest BCUT2D eigenvalue weighted by Gasteiger charge is -2.26. The van der Waals surface area contributed by atoms with E-state index in [1.165, 1.54) is 231 Å². The first-order chi connectivity index (χ1) is 38.5. The van der Waals surface area contributed by atoms with Crippen molar-refractivity contribution >= 4 is 13.7 Å². The summed E-state index contributed by atoms with van der Waals surface area (Å²) in [6, 6.07) is -0.760. The minimum absolute atomic E-state index is 0.0762. The van der Waals surface area contributed by atoms with Crippen molar-refractivity contribution < 1.29 is 32.9 Å². The molecule has 0 fully saturated rings. The molecular weight excluding hydrogens is 996 g/mol. The predicted molar refractivity (Wildman–Crippen MR) is 346 cm³/mol. The van der Waals surface area contributed by atoms with Crippen molar-refractivity contribution in [2.75, 3.05) is 40.9 Å². The van der Waals surface area contributed by atoms with Gasteiger partial charge in [0.1, 0.15) is 13.2 Å². The Hall–Kier alpha value is -1.80. The first-order valence-corrected chi connectivity index (χ1v) is 35.6. The molecule has 1 amide bonds. The number of carbonyl (C=O) groups is 1. The lowest BCUT2D eigenvalue weighted by atomic mass is 10.0. The highest BCUT2D eigenvalue weighted by molar-refractivity contribution is 7.47. The molecule has 0 saturated heterocycles. The molecular formula is C70H134N2O6P+. The summed E-state index contributed by atoms with van der Waals surface area (Å²) in [4.78, 5) is 23.4. The number of aliphatic hydroxyl groups excluding tert-OH is 1. The van der Waals surface area contributed by atoms with Gasteiger partial charge < -0.3 is 19.8 Å². The number of amides is 1. The number of allylic oxidation sites excluding steroid dienone is 10. The van der Waals surface area contributed by atoms with Crippen LogP contribution in [-0.4, -0.2) is 73.4 Å². The Morgan fingerprint density at radius 3 is 1.11 bits per heavy atom. The van der Waals surface area contributed by atoms with E-state index in [0.29, 0.717) is 23.9 Å². The van der Waals surface area contributed by atoms with Gasteiger partial charge in [-0.25, -0.2) is 4.57 Å². The number of nitrogens with zero attached hydrogens (tertiary/aromatic N) is 1. The van der Waals surface area contributed by atoms with Gasteiger partial charge in [-0.1, -0.05) is 325 Å². The summed E-state index contributed by atoms with van der Waals surface area (Å²) in [5.74, 6) is -0.138. The second kappa shape index (κ2) is 60.8.